The Bertz CT molecular complexity index is 259. The van der Waals surface area contributed by atoms with Crippen LogP contribution in [0.4, 0.5) is 0 Å². The van der Waals surface area contributed by atoms with Crippen LogP contribution in [-0.4, -0.2) is 25.0 Å². The summed E-state index contributed by atoms with van der Waals surface area (Å²) >= 11 is 0. The number of esters is 1. The number of rotatable bonds is 6. The Morgan fingerprint density at radius 2 is 2.00 bits per heavy atom. The van der Waals surface area contributed by atoms with Crippen LogP contribution in [0.3, 0.4) is 0 Å². The number of hydrogen-bond acceptors (Lipinski definition) is 3. The van der Waals surface area contributed by atoms with Gasteiger partial charge in [-0.1, -0.05) is 26.7 Å². The molecule has 92 valence electrons. The molecule has 1 atom stereocenters. The summed E-state index contributed by atoms with van der Waals surface area (Å²) in [5, 5.41) is 2.76. The van der Waals surface area contributed by atoms with Crippen molar-refractivity contribution in [3.05, 3.63) is 0 Å². The largest absolute Gasteiger partial charge is 0.467 e. The number of hydrogen-bond donors (Lipinski definition) is 1. The van der Waals surface area contributed by atoms with E-state index in [1.807, 2.05) is 13.8 Å². The molecule has 0 unspecified atom stereocenters. The van der Waals surface area contributed by atoms with Crippen molar-refractivity contribution in [2.24, 2.45) is 11.8 Å². The third-order valence-electron chi connectivity index (χ3n) is 2.68. The van der Waals surface area contributed by atoms with Gasteiger partial charge < -0.3 is 10.1 Å². The van der Waals surface area contributed by atoms with Crippen LogP contribution in [0.25, 0.3) is 0 Å². The van der Waals surface area contributed by atoms with Crippen LogP contribution in [0.1, 0.15) is 39.5 Å². The molecule has 1 fully saturated rings. The number of carbonyl (C=O) groups excluding carboxylic acids is 2. The fraction of sp³-hybridized carbons (Fsp3) is 0.833. The summed E-state index contributed by atoms with van der Waals surface area (Å²) in [5.74, 6) is 0.498. The highest BCUT2D eigenvalue weighted by molar-refractivity contribution is 5.84. The molecule has 1 saturated carbocycles. The molecule has 1 rings (SSSR count). The zero-order valence-corrected chi connectivity index (χ0v) is 10.3. The third-order valence-corrected chi connectivity index (χ3v) is 2.68. The Hall–Kier alpha value is -1.06. The van der Waals surface area contributed by atoms with E-state index in [0.717, 1.165) is 19.3 Å². The first-order valence-corrected chi connectivity index (χ1v) is 5.90. The summed E-state index contributed by atoms with van der Waals surface area (Å²) in [6.07, 6.45) is 3.50. The Labute approximate surface area is 96.7 Å². The van der Waals surface area contributed by atoms with Crippen molar-refractivity contribution < 1.29 is 14.3 Å². The average molecular weight is 227 g/mol. The van der Waals surface area contributed by atoms with E-state index in [2.05, 4.69) is 5.32 Å². The molecule has 1 aliphatic carbocycles. The van der Waals surface area contributed by atoms with Gasteiger partial charge in [0.15, 0.2) is 0 Å². The van der Waals surface area contributed by atoms with Crippen molar-refractivity contribution in [2.75, 3.05) is 7.11 Å². The molecule has 4 nitrogen and oxygen atoms in total. The monoisotopic (exact) mass is 227 g/mol. The van der Waals surface area contributed by atoms with Gasteiger partial charge in [0.2, 0.25) is 5.91 Å². The average Bonchev–Trinajstić information content (AvgIpc) is 2.98. The van der Waals surface area contributed by atoms with Gasteiger partial charge in [-0.3, -0.25) is 4.79 Å². The molecular weight excluding hydrogens is 206 g/mol. The second kappa shape index (κ2) is 5.87. The molecule has 1 N–H and O–H groups in total. The number of amides is 1. The summed E-state index contributed by atoms with van der Waals surface area (Å²) in [4.78, 5) is 23.0. The van der Waals surface area contributed by atoms with E-state index >= 15 is 0 Å². The van der Waals surface area contributed by atoms with Crippen LogP contribution in [0.5, 0.6) is 0 Å². The van der Waals surface area contributed by atoms with Gasteiger partial charge in [0, 0.05) is 6.42 Å². The van der Waals surface area contributed by atoms with Gasteiger partial charge in [-0.05, 0) is 18.3 Å². The highest BCUT2D eigenvalue weighted by Crippen LogP contribution is 2.33. The molecule has 0 aromatic heterocycles. The van der Waals surface area contributed by atoms with Crippen LogP contribution in [0.2, 0.25) is 0 Å². The molecule has 0 radical (unpaired) electrons. The minimum Gasteiger partial charge on any atom is -0.467 e. The van der Waals surface area contributed by atoms with E-state index in [4.69, 9.17) is 4.74 Å². The van der Waals surface area contributed by atoms with Gasteiger partial charge in [-0.25, -0.2) is 4.79 Å². The number of carbonyl (C=O) groups is 2. The van der Waals surface area contributed by atoms with E-state index in [9.17, 15) is 9.59 Å². The quantitative estimate of drug-likeness (QED) is 0.699. The lowest BCUT2D eigenvalue weighted by molar-refractivity contribution is -0.145. The highest BCUT2D eigenvalue weighted by atomic mass is 16.5. The molecule has 1 amide bonds. The number of ether oxygens (including phenoxy) is 1. The zero-order valence-electron chi connectivity index (χ0n) is 10.3. The lowest BCUT2D eigenvalue weighted by atomic mass is 10.1. The van der Waals surface area contributed by atoms with Gasteiger partial charge in [0.1, 0.15) is 6.04 Å². The van der Waals surface area contributed by atoms with Gasteiger partial charge in [0.25, 0.3) is 0 Å². The van der Waals surface area contributed by atoms with Crippen molar-refractivity contribution in [3.8, 4) is 0 Å². The summed E-state index contributed by atoms with van der Waals surface area (Å²) < 4.78 is 4.69. The molecular formula is C12H21NO3. The molecule has 4 heteroatoms. The topological polar surface area (TPSA) is 55.4 Å². The Kier molecular flexibility index (Phi) is 4.77. The van der Waals surface area contributed by atoms with E-state index in [1.54, 1.807) is 0 Å². The molecule has 0 aromatic rings. The maximum atomic E-state index is 11.6. The van der Waals surface area contributed by atoms with E-state index in [0.29, 0.717) is 18.3 Å². The first-order chi connectivity index (χ1) is 7.52. The number of methoxy groups -OCH3 is 1. The van der Waals surface area contributed by atoms with Crippen LogP contribution in [0.15, 0.2) is 0 Å². The van der Waals surface area contributed by atoms with Gasteiger partial charge in [-0.15, -0.1) is 0 Å². The first kappa shape index (κ1) is 13.0. The van der Waals surface area contributed by atoms with E-state index < -0.39 is 6.04 Å². The summed E-state index contributed by atoms with van der Waals surface area (Å²) in [7, 11) is 1.36. The summed E-state index contributed by atoms with van der Waals surface area (Å²) in [5.41, 5.74) is 0. The second-order valence-corrected chi connectivity index (χ2v) is 4.92. The lowest BCUT2D eigenvalue weighted by Gasteiger charge is -2.16. The predicted molar refractivity (Wildman–Crippen MR) is 60.7 cm³/mol. The SMILES string of the molecule is COC(=O)[C@@H](CC1CC1)NC(=O)CC(C)C. The maximum absolute atomic E-state index is 11.6. The van der Waals surface area contributed by atoms with Gasteiger partial charge >= 0.3 is 5.97 Å². The maximum Gasteiger partial charge on any atom is 0.328 e. The molecule has 16 heavy (non-hydrogen) atoms. The van der Waals surface area contributed by atoms with Gasteiger partial charge in [-0.2, -0.15) is 0 Å². The first-order valence-electron chi connectivity index (χ1n) is 5.90. The van der Waals surface area contributed by atoms with Gasteiger partial charge in [0.05, 0.1) is 7.11 Å². The molecule has 0 aromatic carbocycles. The standard InChI is InChI=1S/C12H21NO3/c1-8(2)6-11(14)13-10(12(15)16-3)7-9-4-5-9/h8-10H,4-7H2,1-3H3,(H,13,14)/t10-/m1/s1. The minimum atomic E-state index is -0.455. The van der Waals surface area contributed by atoms with Crippen molar-refractivity contribution in [2.45, 2.75) is 45.6 Å². The van der Waals surface area contributed by atoms with Crippen molar-refractivity contribution in [1.82, 2.24) is 5.32 Å². The molecule has 1 aliphatic rings. The number of nitrogens with one attached hydrogen (secondary N) is 1. The van der Waals surface area contributed by atoms with Crippen molar-refractivity contribution in [3.63, 3.8) is 0 Å². The second-order valence-electron chi connectivity index (χ2n) is 4.92. The molecule has 0 heterocycles. The lowest BCUT2D eigenvalue weighted by Crippen LogP contribution is -2.42. The smallest absolute Gasteiger partial charge is 0.328 e. The summed E-state index contributed by atoms with van der Waals surface area (Å²) in [6, 6.07) is -0.455. The van der Waals surface area contributed by atoms with Crippen molar-refractivity contribution in [1.29, 1.82) is 0 Å². The van der Waals surface area contributed by atoms with Crippen LogP contribution in [0, 0.1) is 11.8 Å². The fourth-order valence-corrected chi connectivity index (χ4v) is 1.67. The molecule has 0 saturated heterocycles. The third kappa shape index (κ3) is 4.64. The molecule has 0 bridgehead atoms. The minimum absolute atomic E-state index is 0.0638. The van der Waals surface area contributed by atoms with Crippen molar-refractivity contribution >= 4 is 11.9 Å². The Balaban J connectivity index is 2.41. The predicted octanol–water partition coefficient (Wildman–Crippen LogP) is 1.49. The fourth-order valence-electron chi connectivity index (χ4n) is 1.67. The van der Waals surface area contributed by atoms with E-state index in [-0.39, 0.29) is 11.9 Å². The van der Waals surface area contributed by atoms with Crippen LogP contribution >= 0.6 is 0 Å². The highest BCUT2D eigenvalue weighted by Gasteiger charge is 2.30. The van der Waals surface area contributed by atoms with Crippen LogP contribution in [-0.2, 0) is 14.3 Å². The van der Waals surface area contributed by atoms with E-state index in [1.165, 1.54) is 7.11 Å². The summed E-state index contributed by atoms with van der Waals surface area (Å²) in [6.45, 7) is 3.96. The Morgan fingerprint density at radius 3 is 2.44 bits per heavy atom. The zero-order chi connectivity index (χ0) is 12.1. The van der Waals surface area contributed by atoms with Crippen LogP contribution < -0.4 is 5.32 Å². The molecule has 0 spiro atoms. The normalized spacial score (nSPS) is 17.0. The Morgan fingerprint density at radius 1 is 1.38 bits per heavy atom. The molecule has 0 aliphatic heterocycles.